The smallest absolute Gasteiger partial charge is 0.336 e. The maximum absolute atomic E-state index is 11.3. The number of benzene rings is 1. The zero-order valence-electron chi connectivity index (χ0n) is 9.19. The van der Waals surface area contributed by atoms with E-state index >= 15 is 0 Å². The van der Waals surface area contributed by atoms with E-state index < -0.39 is 6.10 Å². The van der Waals surface area contributed by atoms with Crippen molar-refractivity contribution in [2.45, 2.75) is 13.0 Å². The third kappa shape index (κ3) is 1.62. The molecule has 0 unspecified atom stereocenters. The molecular formula is C12H13NO3. The first-order valence-corrected chi connectivity index (χ1v) is 4.94. The van der Waals surface area contributed by atoms with Crippen LogP contribution in [0.15, 0.2) is 35.5 Å². The van der Waals surface area contributed by atoms with Gasteiger partial charge >= 0.3 is 5.97 Å². The highest BCUT2D eigenvalue weighted by Crippen LogP contribution is 2.32. The van der Waals surface area contributed by atoms with E-state index in [0.717, 1.165) is 11.3 Å². The van der Waals surface area contributed by atoms with Gasteiger partial charge in [-0.25, -0.2) is 4.79 Å². The van der Waals surface area contributed by atoms with Crippen LogP contribution in [0.5, 0.6) is 5.75 Å². The number of cyclic esters (lactones) is 1. The second kappa shape index (κ2) is 3.89. The number of hydrogen-bond acceptors (Lipinski definition) is 4. The van der Waals surface area contributed by atoms with Gasteiger partial charge in [-0.3, -0.25) is 0 Å². The van der Waals surface area contributed by atoms with E-state index in [0.29, 0.717) is 11.3 Å². The molecule has 0 aliphatic carbocycles. The van der Waals surface area contributed by atoms with Crippen LogP contribution >= 0.6 is 0 Å². The molecule has 0 bridgehead atoms. The van der Waals surface area contributed by atoms with Gasteiger partial charge in [-0.1, -0.05) is 12.1 Å². The van der Waals surface area contributed by atoms with Gasteiger partial charge in [0.1, 0.15) is 5.75 Å². The largest absolute Gasteiger partial charge is 0.497 e. The lowest BCUT2D eigenvalue weighted by molar-refractivity contribution is -0.140. The van der Waals surface area contributed by atoms with Crippen LogP contribution in [-0.4, -0.2) is 13.1 Å². The number of ether oxygens (including phenoxy) is 2. The highest BCUT2D eigenvalue weighted by molar-refractivity contribution is 5.91. The van der Waals surface area contributed by atoms with Crippen molar-refractivity contribution in [2.24, 2.45) is 5.73 Å². The molecule has 0 aromatic heterocycles. The Morgan fingerprint density at radius 2 is 1.94 bits per heavy atom. The van der Waals surface area contributed by atoms with Gasteiger partial charge in [0.05, 0.1) is 18.4 Å². The number of methoxy groups -OCH3 is 1. The van der Waals surface area contributed by atoms with Crippen molar-refractivity contribution in [1.82, 2.24) is 0 Å². The fourth-order valence-electron chi connectivity index (χ4n) is 1.60. The van der Waals surface area contributed by atoms with Crippen molar-refractivity contribution in [3.05, 3.63) is 41.1 Å². The topological polar surface area (TPSA) is 61.5 Å². The van der Waals surface area contributed by atoms with Crippen LogP contribution in [0.1, 0.15) is 18.6 Å². The Morgan fingerprint density at radius 1 is 1.31 bits per heavy atom. The van der Waals surface area contributed by atoms with Crippen molar-refractivity contribution in [3.63, 3.8) is 0 Å². The van der Waals surface area contributed by atoms with Crippen LogP contribution in [0.3, 0.4) is 0 Å². The van der Waals surface area contributed by atoms with Gasteiger partial charge in [-0.2, -0.15) is 0 Å². The zero-order valence-corrected chi connectivity index (χ0v) is 9.19. The number of nitrogens with two attached hydrogens (primary N) is 1. The molecule has 16 heavy (non-hydrogen) atoms. The molecule has 0 radical (unpaired) electrons. The third-order valence-corrected chi connectivity index (χ3v) is 2.67. The van der Waals surface area contributed by atoms with Crippen LogP contribution in [0, 0.1) is 0 Å². The lowest BCUT2D eigenvalue weighted by Gasteiger charge is -2.12. The molecular weight excluding hydrogens is 206 g/mol. The molecule has 1 aromatic carbocycles. The van der Waals surface area contributed by atoms with Gasteiger partial charge in [-0.15, -0.1) is 0 Å². The molecule has 2 N–H and O–H groups in total. The summed E-state index contributed by atoms with van der Waals surface area (Å²) < 4.78 is 10.2. The molecule has 4 nitrogen and oxygen atoms in total. The fraction of sp³-hybridized carbons (Fsp3) is 0.250. The van der Waals surface area contributed by atoms with Crippen molar-refractivity contribution in [3.8, 4) is 5.75 Å². The van der Waals surface area contributed by atoms with Gasteiger partial charge < -0.3 is 15.2 Å². The summed E-state index contributed by atoms with van der Waals surface area (Å²) in [6.45, 7) is 1.67. The number of hydrogen-bond donors (Lipinski definition) is 1. The highest BCUT2D eigenvalue weighted by atomic mass is 16.5. The lowest BCUT2D eigenvalue weighted by Crippen LogP contribution is -2.08. The summed E-state index contributed by atoms with van der Waals surface area (Å²) in [4.78, 5) is 11.3. The van der Waals surface area contributed by atoms with Gasteiger partial charge in [0.15, 0.2) is 6.10 Å². The predicted octanol–water partition coefficient (Wildman–Crippen LogP) is 1.53. The summed E-state index contributed by atoms with van der Waals surface area (Å²) in [6, 6.07) is 7.29. The van der Waals surface area contributed by atoms with E-state index in [4.69, 9.17) is 15.2 Å². The molecule has 2 rings (SSSR count). The molecule has 0 spiro atoms. The van der Waals surface area contributed by atoms with Crippen molar-refractivity contribution in [2.75, 3.05) is 7.11 Å². The first-order chi connectivity index (χ1) is 7.63. The first-order valence-electron chi connectivity index (χ1n) is 4.94. The van der Waals surface area contributed by atoms with E-state index in [-0.39, 0.29) is 5.97 Å². The van der Waals surface area contributed by atoms with Crippen molar-refractivity contribution in [1.29, 1.82) is 0 Å². The van der Waals surface area contributed by atoms with E-state index in [2.05, 4.69) is 0 Å². The number of carbonyl (C=O) groups excluding carboxylic acids is 1. The number of carbonyl (C=O) groups is 1. The third-order valence-electron chi connectivity index (χ3n) is 2.67. The molecule has 0 amide bonds. The molecule has 84 valence electrons. The van der Waals surface area contributed by atoms with E-state index in [1.165, 1.54) is 0 Å². The molecule has 1 aliphatic heterocycles. The second-order valence-corrected chi connectivity index (χ2v) is 3.64. The van der Waals surface area contributed by atoms with Crippen LogP contribution in [0.25, 0.3) is 0 Å². The normalized spacial score (nSPS) is 19.9. The van der Waals surface area contributed by atoms with Gasteiger partial charge in [0.2, 0.25) is 0 Å². The molecule has 0 saturated heterocycles. The standard InChI is InChI=1S/C12H13NO3/c1-7-10(13)11(16-12(7)14)8-3-5-9(15-2)6-4-8/h3-6,11H,13H2,1-2H3/t11-/m1/s1. The van der Waals surface area contributed by atoms with E-state index in [9.17, 15) is 4.79 Å². The van der Waals surface area contributed by atoms with Crippen LogP contribution in [0.2, 0.25) is 0 Å². The summed E-state index contributed by atoms with van der Waals surface area (Å²) in [7, 11) is 1.60. The van der Waals surface area contributed by atoms with Crippen molar-refractivity contribution < 1.29 is 14.3 Å². The van der Waals surface area contributed by atoms with Crippen LogP contribution in [0.4, 0.5) is 0 Å². The minimum absolute atomic E-state index is 0.349. The molecule has 1 aromatic rings. The molecule has 0 saturated carbocycles. The predicted molar refractivity (Wildman–Crippen MR) is 58.7 cm³/mol. The second-order valence-electron chi connectivity index (χ2n) is 3.64. The SMILES string of the molecule is COc1ccc([C@H]2OC(=O)C(C)=C2N)cc1. The average molecular weight is 219 g/mol. The van der Waals surface area contributed by atoms with E-state index in [1.807, 2.05) is 24.3 Å². The Hall–Kier alpha value is -1.97. The van der Waals surface area contributed by atoms with Gasteiger partial charge in [0, 0.05) is 0 Å². The summed E-state index contributed by atoms with van der Waals surface area (Å²) in [5.41, 5.74) is 7.64. The minimum atomic E-state index is -0.460. The first kappa shape index (κ1) is 10.5. The Bertz CT molecular complexity index is 448. The van der Waals surface area contributed by atoms with E-state index in [1.54, 1.807) is 14.0 Å². The number of rotatable bonds is 2. The maximum Gasteiger partial charge on any atom is 0.336 e. The Labute approximate surface area is 93.7 Å². The van der Waals surface area contributed by atoms with Crippen LogP contribution < -0.4 is 10.5 Å². The molecule has 4 heteroatoms. The minimum Gasteiger partial charge on any atom is -0.497 e. The van der Waals surface area contributed by atoms with Crippen molar-refractivity contribution >= 4 is 5.97 Å². The molecule has 1 atom stereocenters. The summed E-state index contributed by atoms with van der Waals surface area (Å²) >= 11 is 0. The maximum atomic E-state index is 11.3. The average Bonchev–Trinajstić information content (AvgIpc) is 2.57. The Balaban J connectivity index is 2.29. The van der Waals surface area contributed by atoms with Gasteiger partial charge in [-0.05, 0) is 24.6 Å². The fourth-order valence-corrected chi connectivity index (χ4v) is 1.60. The zero-order chi connectivity index (χ0) is 11.7. The summed E-state index contributed by atoms with van der Waals surface area (Å²) in [6.07, 6.45) is -0.460. The molecule has 1 aliphatic rings. The molecule has 0 fully saturated rings. The van der Waals surface area contributed by atoms with Gasteiger partial charge in [0.25, 0.3) is 0 Å². The Kier molecular flexibility index (Phi) is 2.56. The monoisotopic (exact) mass is 219 g/mol. The Morgan fingerprint density at radius 3 is 2.38 bits per heavy atom. The number of esters is 1. The summed E-state index contributed by atoms with van der Waals surface area (Å²) in [5, 5.41) is 0. The quantitative estimate of drug-likeness (QED) is 0.766. The van der Waals surface area contributed by atoms with Crippen LogP contribution in [-0.2, 0) is 9.53 Å². The molecule has 1 heterocycles. The lowest BCUT2D eigenvalue weighted by atomic mass is 10.1. The highest BCUT2D eigenvalue weighted by Gasteiger charge is 2.30. The summed E-state index contributed by atoms with van der Waals surface area (Å²) in [5.74, 6) is 0.408.